The van der Waals surface area contributed by atoms with Gasteiger partial charge in [-0.2, -0.15) is 0 Å². The lowest BCUT2D eigenvalue weighted by Gasteiger charge is -2.39. The number of amides is 1. The molecule has 5 heteroatoms. The summed E-state index contributed by atoms with van der Waals surface area (Å²) < 4.78 is 0. The summed E-state index contributed by atoms with van der Waals surface area (Å²) in [5.74, 6) is -0.951. The van der Waals surface area contributed by atoms with E-state index in [2.05, 4.69) is 12.2 Å². The van der Waals surface area contributed by atoms with Crippen LogP contribution in [0.4, 0.5) is 0 Å². The minimum absolute atomic E-state index is 0.129. The molecule has 0 aliphatic heterocycles. The highest BCUT2D eigenvalue weighted by Gasteiger charge is 2.44. The quantitative estimate of drug-likeness (QED) is 0.734. The van der Waals surface area contributed by atoms with Gasteiger partial charge in [-0.05, 0) is 31.6 Å². The maximum absolute atomic E-state index is 12.4. The third-order valence-electron chi connectivity index (χ3n) is 4.93. The molecule has 114 valence electrons. The molecule has 4 atom stereocenters. The number of carbonyl (C=O) groups excluding carboxylic acids is 1. The second kappa shape index (κ2) is 6.12. The van der Waals surface area contributed by atoms with Crippen molar-refractivity contribution >= 4 is 11.9 Å². The Balaban J connectivity index is 2.07. The molecule has 0 saturated heterocycles. The van der Waals surface area contributed by atoms with Crippen molar-refractivity contribution in [2.24, 2.45) is 17.6 Å². The van der Waals surface area contributed by atoms with E-state index in [1.54, 1.807) is 0 Å². The van der Waals surface area contributed by atoms with Crippen LogP contribution in [0.2, 0.25) is 0 Å². The first-order valence-corrected chi connectivity index (χ1v) is 7.75. The molecule has 0 aromatic rings. The van der Waals surface area contributed by atoms with E-state index in [0.717, 1.165) is 38.5 Å². The third-order valence-corrected chi connectivity index (χ3v) is 4.93. The summed E-state index contributed by atoms with van der Waals surface area (Å²) in [5.41, 5.74) is 4.95. The normalized spacial score (nSPS) is 38.2. The van der Waals surface area contributed by atoms with Gasteiger partial charge in [0.1, 0.15) is 5.54 Å². The molecule has 0 heterocycles. The van der Waals surface area contributed by atoms with Gasteiger partial charge in [0, 0.05) is 6.04 Å². The van der Waals surface area contributed by atoms with Gasteiger partial charge in [0.05, 0.1) is 5.92 Å². The van der Waals surface area contributed by atoms with Crippen LogP contribution in [0.1, 0.15) is 58.3 Å². The second-order valence-corrected chi connectivity index (χ2v) is 6.63. The number of nitrogens with one attached hydrogen (secondary N) is 1. The van der Waals surface area contributed by atoms with Crippen molar-refractivity contribution in [3.8, 4) is 0 Å². The molecular formula is C15H26N2O3. The van der Waals surface area contributed by atoms with E-state index >= 15 is 0 Å². The van der Waals surface area contributed by atoms with Crippen LogP contribution in [-0.4, -0.2) is 28.6 Å². The van der Waals surface area contributed by atoms with E-state index in [0.29, 0.717) is 18.8 Å². The van der Waals surface area contributed by atoms with E-state index in [1.807, 2.05) is 0 Å². The number of carboxylic acid groups (broad SMARTS) is 1. The Morgan fingerprint density at radius 2 is 1.90 bits per heavy atom. The van der Waals surface area contributed by atoms with Crippen LogP contribution >= 0.6 is 0 Å². The predicted octanol–water partition coefficient (Wildman–Crippen LogP) is 1.65. The first kappa shape index (κ1) is 15.3. The Morgan fingerprint density at radius 3 is 2.50 bits per heavy atom. The molecule has 2 aliphatic carbocycles. The van der Waals surface area contributed by atoms with Gasteiger partial charge >= 0.3 is 5.97 Å². The number of carboxylic acids is 1. The van der Waals surface area contributed by atoms with Crippen molar-refractivity contribution in [2.75, 3.05) is 0 Å². The Morgan fingerprint density at radius 1 is 1.20 bits per heavy atom. The summed E-state index contributed by atoms with van der Waals surface area (Å²) in [7, 11) is 0. The SMILES string of the molecule is CC1CCCC(NC(=O)C2CCCCC2N)(C(=O)O)C1. The van der Waals surface area contributed by atoms with Crippen molar-refractivity contribution in [1.29, 1.82) is 0 Å². The maximum atomic E-state index is 12.4. The van der Waals surface area contributed by atoms with E-state index in [9.17, 15) is 14.7 Å². The van der Waals surface area contributed by atoms with E-state index in [1.165, 1.54) is 0 Å². The maximum Gasteiger partial charge on any atom is 0.329 e. The molecule has 2 saturated carbocycles. The number of hydrogen-bond acceptors (Lipinski definition) is 3. The van der Waals surface area contributed by atoms with Crippen LogP contribution in [0.25, 0.3) is 0 Å². The van der Waals surface area contributed by atoms with Crippen LogP contribution in [0, 0.1) is 11.8 Å². The van der Waals surface area contributed by atoms with Gasteiger partial charge in [-0.1, -0.05) is 32.6 Å². The summed E-state index contributed by atoms with van der Waals surface area (Å²) in [5, 5.41) is 12.4. The standard InChI is InChI=1S/C15H26N2O3/c1-10-5-4-8-15(9-10,14(19)20)17-13(18)11-6-2-3-7-12(11)16/h10-12H,2-9,16H2,1H3,(H,17,18)(H,19,20). The van der Waals surface area contributed by atoms with Crippen LogP contribution in [0.3, 0.4) is 0 Å². The molecule has 5 nitrogen and oxygen atoms in total. The fraction of sp³-hybridized carbons (Fsp3) is 0.867. The average Bonchev–Trinajstić information content (AvgIpc) is 2.38. The van der Waals surface area contributed by atoms with Crippen molar-refractivity contribution < 1.29 is 14.7 Å². The number of aliphatic carboxylic acids is 1. The summed E-state index contributed by atoms with van der Waals surface area (Å²) in [4.78, 5) is 24.1. The zero-order chi connectivity index (χ0) is 14.8. The average molecular weight is 282 g/mol. The molecule has 0 aromatic carbocycles. The zero-order valence-corrected chi connectivity index (χ0v) is 12.2. The Kier molecular flexibility index (Phi) is 4.68. The zero-order valence-electron chi connectivity index (χ0n) is 12.2. The topological polar surface area (TPSA) is 92.4 Å². The van der Waals surface area contributed by atoms with Crippen LogP contribution in [0.5, 0.6) is 0 Å². The van der Waals surface area contributed by atoms with Crippen molar-refractivity contribution in [3.63, 3.8) is 0 Å². The van der Waals surface area contributed by atoms with Crippen molar-refractivity contribution in [2.45, 2.75) is 69.9 Å². The van der Waals surface area contributed by atoms with E-state index < -0.39 is 11.5 Å². The van der Waals surface area contributed by atoms with Crippen molar-refractivity contribution in [3.05, 3.63) is 0 Å². The molecule has 0 spiro atoms. The fourth-order valence-electron chi connectivity index (χ4n) is 3.73. The minimum atomic E-state index is -1.08. The van der Waals surface area contributed by atoms with Gasteiger partial charge in [-0.3, -0.25) is 4.79 Å². The molecule has 2 aliphatic rings. The molecule has 2 rings (SSSR count). The molecule has 2 fully saturated rings. The van der Waals surface area contributed by atoms with E-state index in [4.69, 9.17) is 5.73 Å². The highest BCUT2D eigenvalue weighted by molar-refractivity contribution is 5.88. The van der Waals surface area contributed by atoms with Gasteiger partial charge in [-0.15, -0.1) is 0 Å². The monoisotopic (exact) mass is 282 g/mol. The van der Waals surface area contributed by atoms with Gasteiger partial charge < -0.3 is 16.2 Å². The molecule has 0 aromatic heterocycles. The molecule has 0 radical (unpaired) electrons. The number of carbonyl (C=O) groups is 2. The lowest BCUT2D eigenvalue weighted by Crippen LogP contribution is -2.59. The molecule has 20 heavy (non-hydrogen) atoms. The third kappa shape index (κ3) is 3.14. The summed E-state index contributed by atoms with van der Waals surface area (Å²) >= 11 is 0. The largest absolute Gasteiger partial charge is 0.480 e. The highest BCUT2D eigenvalue weighted by atomic mass is 16.4. The first-order valence-electron chi connectivity index (χ1n) is 7.75. The second-order valence-electron chi connectivity index (χ2n) is 6.63. The van der Waals surface area contributed by atoms with Crippen LogP contribution in [0.15, 0.2) is 0 Å². The molecule has 1 amide bonds. The summed E-state index contributed by atoms with van der Waals surface area (Å²) in [6.45, 7) is 2.05. The first-order chi connectivity index (χ1) is 9.44. The summed E-state index contributed by atoms with van der Waals surface area (Å²) in [6.07, 6.45) is 6.63. The Labute approximate surface area is 120 Å². The Bertz CT molecular complexity index is 385. The lowest BCUT2D eigenvalue weighted by molar-refractivity contribution is -0.151. The number of nitrogens with two attached hydrogens (primary N) is 1. The minimum Gasteiger partial charge on any atom is -0.480 e. The molecule has 0 bridgehead atoms. The molecule has 4 unspecified atom stereocenters. The fourth-order valence-corrected chi connectivity index (χ4v) is 3.73. The summed E-state index contributed by atoms with van der Waals surface area (Å²) in [6, 6.07) is -0.129. The van der Waals surface area contributed by atoms with Gasteiger partial charge in [0.2, 0.25) is 5.91 Å². The highest BCUT2D eigenvalue weighted by Crippen LogP contribution is 2.33. The smallest absolute Gasteiger partial charge is 0.329 e. The predicted molar refractivity (Wildman–Crippen MR) is 76.1 cm³/mol. The Hall–Kier alpha value is -1.10. The van der Waals surface area contributed by atoms with Crippen LogP contribution < -0.4 is 11.1 Å². The van der Waals surface area contributed by atoms with Gasteiger partial charge in [-0.25, -0.2) is 4.79 Å². The van der Waals surface area contributed by atoms with Crippen molar-refractivity contribution in [1.82, 2.24) is 5.32 Å². The van der Waals surface area contributed by atoms with E-state index in [-0.39, 0.29) is 17.9 Å². The molecular weight excluding hydrogens is 256 g/mol. The number of rotatable bonds is 3. The lowest BCUT2D eigenvalue weighted by atomic mass is 9.75. The number of hydrogen-bond donors (Lipinski definition) is 3. The molecule has 4 N–H and O–H groups in total. The van der Waals surface area contributed by atoms with Gasteiger partial charge in [0.15, 0.2) is 0 Å². The van der Waals surface area contributed by atoms with Gasteiger partial charge in [0.25, 0.3) is 0 Å². The van der Waals surface area contributed by atoms with Crippen LogP contribution in [-0.2, 0) is 9.59 Å².